The molecule has 1 fully saturated rings. The maximum atomic E-state index is 14.0. The predicted molar refractivity (Wildman–Crippen MR) is 119 cm³/mol. The van der Waals surface area contributed by atoms with Crippen LogP contribution in [-0.4, -0.2) is 46.2 Å². The zero-order valence-electron chi connectivity index (χ0n) is 18.5. The number of alkyl halides is 3. The predicted octanol–water partition coefficient (Wildman–Crippen LogP) is 3.38. The first-order valence-corrected chi connectivity index (χ1v) is 11.1. The second kappa shape index (κ2) is 8.43. The number of rotatable bonds is 4. The number of β-amino-alcohol motifs (C(OH)–C–C–N with tert-alkyl or cyclic N) is 1. The van der Waals surface area contributed by atoms with Crippen molar-refractivity contribution in [2.24, 2.45) is 0 Å². The van der Waals surface area contributed by atoms with Gasteiger partial charge in [0.1, 0.15) is 0 Å². The molecule has 10 heteroatoms. The second-order valence-corrected chi connectivity index (χ2v) is 8.55. The lowest BCUT2D eigenvalue weighted by Crippen LogP contribution is -2.29. The van der Waals surface area contributed by atoms with E-state index in [0.29, 0.717) is 60.7 Å². The number of hydrogen-bond acceptors (Lipinski definition) is 6. The van der Waals surface area contributed by atoms with Crippen LogP contribution < -0.4 is 15.2 Å². The van der Waals surface area contributed by atoms with Crippen LogP contribution in [0.3, 0.4) is 0 Å². The number of ether oxygens (including phenoxy) is 1. The summed E-state index contributed by atoms with van der Waals surface area (Å²) in [6.07, 6.45) is -1.34. The molecule has 2 aromatic heterocycles. The quantitative estimate of drug-likeness (QED) is 0.627. The Kier molecular flexibility index (Phi) is 5.55. The van der Waals surface area contributed by atoms with E-state index >= 15 is 0 Å². The fourth-order valence-corrected chi connectivity index (χ4v) is 4.75. The van der Waals surface area contributed by atoms with Crippen LogP contribution in [-0.2, 0) is 19.0 Å². The molecule has 34 heavy (non-hydrogen) atoms. The molecule has 1 unspecified atom stereocenters. The van der Waals surface area contributed by atoms with E-state index in [4.69, 9.17) is 4.74 Å². The molecule has 5 rings (SSSR count). The fourth-order valence-electron chi connectivity index (χ4n) is 4.75. The van der Waals surface area contributed by atoms with Gasteiger partial charge in [-0.2, -0.15) is 23.0 Å². The van der Waals surface area contributed by atoms with Crippen molar-refractivity contribution in [3.63, 3.8) is 0 Å². The summed E-state index contributed by atoms with van der Waals surface area (Å²) in [4.78, 5) is 19.3. The maximum absolute atomic E-state index is 14.0. The summed E-state index contributed by atoms with van der Waals surface area (Å²) >= 11 is 0. The minimum absolute atomic E-state index is 0.319. The molecule has 1 aromatic carbocycles. The van der Waals surface area contributed by atoms with E-state index in [1.165, 1.54) is 25.4 Å². The minimum atomic E-state index is -4.68. The zero-order valence-corrected chi connectivity index (χ0v) is 18.5. The molecular weight excluding hydrogens is 449 g/mol. The molecule has 1 atom stereocenters. The highest BCUT2D eigenvalue weighted by atomic mass is 19.4. The van der Waals surface area contributed by atoms with Gasteiger partial charge in [0.25, 0.3) is 5.56 Å². The van der Waals surface area contributed by atoms with Gasteiger partial charge in [-0.3, -0.25) is 4.79 Å². The first-order valence-electron chi connectivity index (χ1n) is 11.1. The summed E-state index contributed by atoms with van der Waals surface area (Å²) in [6, 6.07) is 7.05. The number of hydrogen-bond donors (Lipinski definition) is 1. The number of nitrogens with zero attached hydrogens (tertiary/aromatic N) is 4. The molecule has 3 heterocycles. The molecule has 7 nitrogen and oxygen atoms in total. The topological polar surface area (TPSA) is 80.5 Å². The molecule has 0 amide bonds. The Morgan fingerprint density at radius 2 is 1.94 bits per heavy atom. The van der Waals surface area contributed by atoms with Gasteiger partial charge in [0.2, 0.25) is 5.88 Å². The lowest BCUT2D eigenvalue weighted by molar-refractivity contribution is -0.137. The number of fused-ring (bicyclic) bond motifs is 1. The molecular formula is C24H23F3N4O3. The molecule has 0 bridgehead atoms. The summed E-state index contributed by atoms with van der Waals surface area (Å²) in [5, 5.41) is 14.4. The lowest BCUT2D eigenvalue weighted by atomic mass is 10.0. The normalized spacial score (nSPS) is 17.8. The van der Waals surface area contributed by atoms with E-state index in [1.807, 2.05) is 0 Å². The van der Waals surface area contributed by atoms with E-state index in [1.54, 1.807) is 17.0 Å². The number of anilines is 1. The van der Waals surface area contributed by atoms with Gasteiger partial charge in [-0.05, 0) is 55.5 Å². The number of aliphatic hydroxyl groups excluding tert-OH is 1. The lowest BCUT2D eigenvalue weighted by Gasteiger charge is -2.22. The Morgan fingerprint density at radius 1 is 1.15 bits per heavy atom. The van der Waals surface area contributed by atoms with Crippen molar-refractivity contribution in [1.82, 2.24) is 14.8 Å². The monoisotopic (exact) mass is 472 g/mol. The van der Waals surface area contributed by atoms with Gasteiger partial charge in [-0.25, -0.2) is 4.98 Å². The van der Waals surface area contributed by atoms with Gasteiger partial charge in [0.05, 0.1) is 30.2 Å². The van der Waals surface area contributed by atoms with Crippen LogP contribution in [0, 0.1) is 0 Å². The Morgan fingerprint density at radius 3 is 2.65 bits per heavy atom. The van der Waals surface area contributed by atoms with Crippen molar-refractivity contribution in [2.75, 3.05) is 25.1 Å². The van der Waals surface area contributed by atoms with E-state index < -0.39 is 23.4 Å². The van der Waals surface area contributed by atoms with Crippen molar-refractivity contribution in [1.29, 1.82) is 0 Å². The number of benzene rings is 1. The van der Waals surface area contributed by atoms with E-state index in [-0.39, 0.29) is 5.69 Å². The molecule has 0 radical (unpaired) electrons. The standard InChI is InChI=1S/C24H23F3N4O3/c1-34-21-11-14(7-9-28-21)22-17-3-2-4-18(17)23(33)31(29-22)20-12-15(30-10-8-16(32)13-30)5-6-19(20)24(25,26)27/h5-7,9,11-12,16,32H,2-4,8,10,13H2,1H3. The van der Waals surface area contributed by atoms with Gasteiger partial charge in [-0.15, -0.1) is 0 Å². The molecule has 0 saturated carbocycles. The van der Waals surface area contributed by atoms with Gasteiger partial charge < -0.3 is 14.7 Å². The average Bonchev–Trinajstić information content (AvgIpc) is 3.48. The van der Waals surface area contributed by atoms with Crippen molar-refractivity contribution >= 4 is 5.69 Å². The van der Waals surface area contributed by atoms with Crippen LogP contribution >= 0.6 is 0 Å². The average molecular weight is 472 g/mol. The van der Waals surface area contributed by atoms with E-state index in [0.717, 1.165) is 22.7 Å². The largest absolute Gasteiger partial charge is 0.481 e. The van der Waals surface area contributed by atoms with Gasteiger partial charge in [0.15, 0.2) is 0 Å². The van der Waals surface area contributed by atoms with Crippen LogP contribution in [0.1, 0.15) is 29.5 Å². The first-order chi connectivity index (χ1) is 16.3. The summed E-state index contributed by atoms with van der Waals surface area (Å²) in [7, 11) is 1.47. The van der Waals surface area contributed by atoms with Gasteiger partial charge in [-0.1, -0.05) is 0 Å². The number of aliphatic hydroxyl groups is 1. The highest BCUT2D eigenvalue weighted by molar-refractivity contribution is 5.66. The highest BCUT2D eigenvalue weighted by Crippen LogP contribution is 2.37. The van der Waals surface area contributed by atoms with Crippen LogP contribution in [0.15, 0.2) is 41.3 Å². The van der Waals surface area contributed by atoms with Gasteiger partial charge >= 0.3 is 6.18 Å². The van der Waals surface area contributed by atoms with Crippen LogP contribution in [0.25, 0.3) is 16.9 Å². The third-order valence-electron chi connectivity index (χ3n) is 6.42. The third-order valence-corrected chi connectivity index (χ3v) is 6.42. The number of aromatic nitrogens is 3. The Labute approximate surface area is 193 Å². The Bertz CT molecular complexity index is 1310. The minimum Gasteiger partial charge on any atom is -0.481 e. The van der Waals surface area contributed by atoms with E-state index in [2.05, 4.69) is 10.1 Å². The molecule has 1 aliphatic heterocycles. The molecule has 1 N–H and O–H groups in total. The number of methoxy groups -OCH3 is 1. The zero-order chi connectivity index (χ0) is 24.0. The summed E-state index contributed by atoms with van der Waals surface area (Å²) in [5.74, 6) is 0.342. The van der Waals surface area contributed by atoms with Crippen molar-refractivity contribution < 1.29 is 23.0 Å². The van der Waals surface area contributed by atoms with Crippen molar-refractivity contribution in [3.05, 3.63) is 63.6 Å². The first kappa shape index (κ1) is 22.4. The third kappa shape index (κ3) is 3.91. The summed E-state index contributed by atoms with van der Waals surface area (Å²) in [5.41, 5.74) is 0.990. The highest BCUT2D eigenvalue weighted by Gasteiger charge is 2.36. The number of pyridine rings is 1. The van der Waals surface area contributed by atoms with Crippen LogP contribution in [0.5, 0.6) is 5.88 Å². The Hall–Kier alpha value is -3.40. The van der Waals surface area contributed by atoms with Gasteiger partial charge in [0, 0.05) is 42.2 Å². The maximum Gasteiger partial charge on any atom is 0.418 e. The Balaban J connectivity index is 1.74. The molecule has 3 aromatic rings. The second-order valence-electron chi connectivity index (χ2n) is 8.55. The molecule has 1 saturated heterocycles. The SMILES string of the molecule is COc1cc(-c2nn(-c3cc(N4CCC(O)C4)ccc3C(F)(F)F)c(=O)c3c2CCC3)ccn1. The summed E-state index contributed by atoms with van der Waals surface area (Å²) in [6.45, 7) is 0.833. The molecule has 178 valence electrons. The van der Waals surface area contributed by atoms with Crippen LogP contribution in [0.2, 0.25) is 0 Å². The fraction of sp³-hybridized carbons (Fsp3) is 0.375. The van der Waals surface area contributed by atoms with Crippen molar-refractivity contribution in [3.8, 4) is 22.8 Å². The van der Waals surface area contributed by atoms with Crippen molar-refractivity contribution in [2.45, 2.75) is 38.0 Å². The summed E-state index contributed by atoms with van der Waals surface area (Å²) < 4.78 is 48.1. The smallest absolute Gasteiger partial charge is 0.418 e. The number of halogens is 3. The molecule has 0 spiro atoms. The molecule has 1 aliphatic carbocycles. The van der Waals surface area contributed by atoms with E-state index in [9.17, 15) is 23.1 Å². The van der Waals surface area contributed by atoms with Crippen LogP contribution in [0.4, 0.5) is 18.9 Å². The molecule has 2 aliphatic rings.